The van der Waals surface area contributed by atoms with Crippen molar-refractivity contribution in [2.75, 3.05) is 20.1 Å². The third kappa shape index (κ3) is 4.71. The molecule has 0 N–H and O–H groups in total. The summed E-state index contributed by atoms with van der Waals surface area (Å²) < 4.78 is 0. The molecule has 0 bridgehead atoms. The van der Waals surface area contributed by atoms with Crippen molar-refractivity contribution in [1.82, 2.24) is 9.80 Å². The predicted octanol–water partition coefficient (Wildman–Crippen LogP) is 3.72. The van der Waals surface area contributed by atoms with Gasteiger partial charge in [-0.1, -0.05) is 23.7 Å². The van der Waals surface area contributed by atoms with Gasteiger partial charge in [-0.15, -0.1) is 0 Å². The molecule has 0 saturated carbocycles. The maximum Gasteiger partial charge on any atom is 0.253 e. The number of amides is 2. The van der Waals surface area contributed by atoms with Gasteiger partial charge in [0.25, 0.3) is 5.91 Å². The highest BCUT2D eigenvalue weighted by Gasteiger charge is 2.30. The summed E-state index contributed by atoms with van der Waals surface area (Å²) in [5, 5.41) is 9.47. The van der Waals surface area contributed by atoms with Crippen LogP contribution in [0.1, 0.15) is 34.3 Å². The van der Waals surface area contributed by atoms with Gasteiger partial charge in [0, 0.05) is 37.3 Å². The molecule has 1 aliphatic rings. The van der Waals surface area contributed by atoms with Gasteiger partial charge in [0.15, 0.2) is 0 Å². The quantitative estimate of drug-likeness (QED) is 0.792. The molecule has 1 aliphatic heterocycles. The minimum absolute atomic E-state index is 0.0398. The van der Waals surface area contributed by atoms with Crippen molar-refractivity contribution < 1.29 is 9.59 Å². The van der Waals surface area contributed by atoms with Crippen LogP contribution in [0, 0.1) is 17.2 Å². The van der Waals surface area contributed by atoms with Crippen molar-refractivity contribution in [3.05, 3.63) is 70.2 Å². The molecule has 1 heterocycles. The van der Waals surface area contributed by atoms with Crippen LogP contribution in [0.5, 0.6) is 0 Å². The highest BCUT2D eigenvalue weighted by atomic mass is 35.5. The molecule has 2 aromatic carbocycles. The van der Waals surface area contributed by atoms with Crippen LogP contribution in [-0.2, 0) is 11.3 Å². The summed E-state index contributed by atoms with van der Waals surface area (Å²) in [6, 6.07) is 16.1. The van der Waals surface area contributed by atoms with Gasteiger partial charge in [0.1, 0.15) is 0 Å². The van der Waals surface area contributed by atoms with Crippen LogP contribution >= 0.6 is 11.6 Å². The lowest BCUT2D eigenvalue weighted by molar-refractivity contribution is -0.136. The molecule has 0 spiro atoms. The standard InChI is InChI=1S/C22H22ClN3O2/c1-25(14-17-6-4-16(13-24)5-7-17)21(27)19-3-2-12-26(15-19)22(28)18-8-10-20(23)11-9-18/h4-11,19H,2-3,12,14-15H2,1H3. The molecule has 0 aromatic heterocycles. The number of hydrogen-bond donors (Lipinski definition) is 0. The number of benzene rings is 2. The second-order valence-electron chi connectivity index (χ2n) is 7.10. The van der Waals surface area contributed by atoms with Gasteiger partial charge in [-0.3, -0.25) is 9.59 Å². The van der Waals surface area contributed by atoms with E-state index in [2.05, 4.69) is 6.07 Å². The van der Waals surface area contributed by atoms with Gasteiger partial charge in [0.05, 0.1) is 17.6 Å². The van der Waals surface area contributed by atoms with Crippen molar-refractivity contribution in [3.8, 4) is 6.07 Å². The molecule has 3 rings (SSSR count). The Morgan fingerprint density at radius 3 is 2.50 bits per heavy atom. The number of carbonyl (C=O) groups is 2. The number of carbonyl (C=O) groups excluding carboxylic acids is 2. The zero-order chi connectivity index (χ0) is 20.1. The van der Waals surface area contributed by atoms with Crippen LogP contribution in [0.25, 0.3) is 0 Å². The molecular formula is C22H22ClN3O2. The van der Waals surface area contributed by atoms with E-state index in [9.17, 15) is 9.59 Å². The summed E-state index contributed by atoms with van der Waals surface area (Å²) >= 11 is 5.89. The first-order valence-electron chi connectivity index (χ1n) is 9.27. The average Bonchev–Trinajstić information content (AvgIpc) is 2.74. The van der Waals surface area contributed by atoms with E-state index in [1.165, 1.54) is 0 Å². The van der Waals surface area contributed by atoms with E-state index in [-0.39, 0.29) is 17.7 Å². The predicted molar refractivity (Wildman–Crippen MR) is 108 cm³/mol. The average molecular weight is 396 g/mol. The Labute approximate surface area is 170 Å². The first-order valence-corrected chi connectivity index (χ1v) is 9.64. The molecule has 1 atom stereocenters. The first-order chi connectivity index (χ1) is 13.5. The molecule has 144 valence electrons. The van der Waals surface area contributed by atoms with E-state index >= 15 is 0 Å². The van der Waals surface area contributed by atoms with Gasteiger partial charge in [-0.2, -0.15) is 5.26 Å². The fraction of sp³-hybridized carbons (Fsp3) is 0.318. The van der Waals surface area contributed by atoms with Crippen molar-refractivity contribution in [3.63, 3.8) is 0 Å². The van der Waals surface area contributed by atoms with E-state index in [1.54, 1.807) is 53.2 Å². The summed E-state index contributed by atoms with van der Waals surface area (Å²) in [5.74, 6) is -0.227. The van der Waals surface area contributed by atoms with Crippen LogP contribution in [0.15, 0.2) is 48.5 Å². The molecule has 2 amide bonds. The van der Waals surface area contributed by atoms with Gasteiger partial charge >= 0.3 is 0 Å². The minimum atomic E-state index is -0.201. The molecule has 1 unspecified atom stereocenters. The van der Waals surface area contributed by atoms with Gasteiger partial charge in [0.2, 0.25) is 5.91 Å². The van der Waals surface area contributed by atoms with Gasteiger partial charge in [-0.05, 0) is 54.8 Å². The highest BCUT2D eigenvalue weighted by Crippen LogP contribution is 2.22. The van der Waals surface area contributed by atoms with E-state index in [0.29, 0.717) is 35.8 Å². The second kappa shape index (κ2) is 8.90. The first kappa shape index (κ1) is 19.9. The Morgan fingerprint density at radius 1 is 1.18 bits per heavy atom. The van der Waals surface area contributed by atoms with E-state index in [0.717, 1.165) is 18.4 Å². The zero-order valence-electron chi connectivity index (χ0n) is 15.8. The van der Waals surface area contributed by atoms with Crippen LogP contribution in [0.4, 0.5) is 0 Å². The number of nitrogens with zero attached hydrogens (tertiary/aromatic N) is 3. The van der Waals surface area contributed by atoms with Crippen LogP contribution in [0.3, 0.4) is 0 Å². The van der Waals surface area contributed by atoms with E-state index in [4.69, 9.17) is 16.9 Å². The third-order valence-corrected chi connectivity index (χ3v) is 5.28. The third-order valence-electron chi connectivity index (χ3n) is 5.03. The number of rotatable bonds is 4. The van der Waals surface area contributed by atoms with Gasteiger partial charge < -0.3 is 9.80 Å². The Hall–Kier alpha value is -2.84. The molecule has 2 aromatic rings. The largest absolute Gasteiger partial charge is 0.341 e. The van der Waals surface area contributed by atoms with Gasteiger partial charge in [-0.25, -0.2) is 0 Å². The number of halogens is 1. The highest BCUT2D eigenvalue weighted by molar-refractivity contribution is 6.30. The van der Waals surface area contributed by atoms with E-state index in [1.807, 2.05) is 12.1 Å². The minimum Gasteiger partial charge on any atom is -0.341 e. The summed E-state index contributed by atoms with van der Waals surface area (Å²) in [6.07, 6.45) is 1.58. The molecule has 0 aliphatic carbocycles. The number of piperidine rings is 1. The van der Waals surface area contributed by atoms with E-state index < -0.39 is 0 Å². The summed E-state index contributed by atoms with van der Waals surface area (Å²) in [6.45, 7) is 1.56. The summed E-state index contributed by atoms with van der Waals surface area (Å²) in [7, 11) is 1.78. The molecule has 5 nitrogen and oxygen atoms in total. The number of nitriles is 1. The lowest BCUT2D eigenvalue weighted by atomic mass is 9.95. The lowest BCUT2D eigenvalue weighted by Gasteiger charge is -2.34. The molecule has 1 fully saturated rings. The van der Waals surface area contributed by atoms with Crippen molar-refractivity contribution in [1.29, 1.82) is 5.26 Å². The fourth-order valence-electron chi connectivity index (χ4n) is 3.49. The monoisotopic (exact) mass is 395 g/mol. The topological polar surface area (TPSA) is 64.4 Å². The summed E-state index contributed by atoms with van der Waals surface area (Å²) in [4.78, 5) is 29.1. The SMILES string of the molecule is CN(Cc1ccc(C#N)cc1)C(=O)C1CCCN(C(=O)c2ccc(Cl)cc2)C1. The van der Waals surface area contributed by atoms with Crippen LogP contribution in [-0.4, -0.2) is 41.8 Å². The lowest BCUT2D eigenvalue weighted by Crippen LogP contribution is -2.45. The molecule has 0 radical (unpaired) electrons. The summed E-state index contributed by atoms with van der Waals surface area (Å²) in [5.41, 5.74) is 2.16. The van der Waals surface area contributed by atoms with Crippen molar-refractivity contribution in [2.45, 2.75) is 19.4 Å². The maximum atomic E-state index is 12.9. The Morgan fingerprint density at radius 2 is 1.86 bits per heavy atom. The number of hydrogen-bond acceptors (Lipinski definition) is 3. The Balaban J connectivity index is 1.62. The molecule has 1 saturated heterocycles. The van der Waals surface area contributed by atoms with Crippen LogP contribution < -0.4 is 0 Å². The molecule has 28 heavy (non-hydrogen) atoms. The second-order valence-corrected chi connectivity index (χ2v) is 7.54. The smallest absolute Gasteiger partial charge is 0.253 e. The Kier molecular flexibility index (Phi) is 6.33. The molecular weight excluding hydrogens is 374 g/mol. The normalized spacial score (nSPS) is 16.3. The zero-order valence-corrected chi connectivity index (χ0v) is 16.5. The number of likely N-dealkylation sites (tertiary alicyclic amines) is 1. The van der Waals surface area contributed by atoms with Crippen molar-refractivity contribution in [2.24, 2.45) is 5.92 Å². The fourth-order valence-corrected chi connectivity index (χ4v) is 3.61. The molecule has 6 heteroatoms. The van der Waals surface area contributed by atoms with Crippen molar-refractivity contribution >= 4 is 23.4 Å². The maximum absolute atomic E-state index is 12.9. The Bertz CT molecular complexity index is 887. The van der Waals surface area contributed by atoms with Crippen LogP contribution in [0.2, 0.25) is 5.02 Å².